The summed E-state index contributed by atoms with van der Waals surface area (Å²) in [6, 6.07) is 23.4. The summed E-state index contributed by atoms with van der Waals surface area (Å²) >= 11 is 0. The third kappa shape index (κ3) is 7.22. The van der Waals surface area contributed by atoms with Crippen LogP contribution in [-0.2, 0) is 12.8 Å². The number of hydrogen-bond donors (Lipinski definition) is 0. The Hall–Kier alpha value is -4.51. The van der Waals surface area contributed by atoms with Gasteiger partial charge in [0.2, 0.25) is 0 Å². The third-order valence-corrected chi connectivity index (χ3v) is 7.58. The predicted octanol–water partition coefficient (Wildman–Crippen LogP) is 8.76. The van der Waals surface area contributed by atoms with E-state index < -0.39 is 0 Å². The Morgan fingerprint density at radius 3 is 1.19 bits per heavy atom. The molecule has 0 aliphatic heterocycles. The van der Waals surface area contributed by atoms with Gasteiger partial charge in [0.05, 0.1) is 0 Å². The van der Waals surface area contributed by atoms with Crippen molar-refractivity contribution in [1.29, 1.82) is 0 Å². The summed E-state index contributed by atoms with van der Waals surface area (Å²) in [7, 11) is 0. The van der Waals surface area contributed by atoms with Crippen LogP contribution in [0.25, 0.3) is 45.0 Å². The molecule has 0 amide bonds. The number of aromatic nitrogens is 4. The Bertz CT molecular complexity index is 1510. The first-order chi connectivity index (χ1) is 20.7. The highest BCUT2D eigenvalue weighted by Gasteiger charge is 2.10. The van der Waals surface area contributed by atoms with Gasteiger partial charge in [0.1, 0.15) is 0 Å². The normalized spacial score (nSPS) is 11.0. The zero-order chi connectivity index (χ0) is 29.1. The van der Waals surface area contributed by atoms with Crippen LogP contribution in [0.3, 0.4) is 0 Å². The van der Waals surface area contributed by atoms with Gasteiger partial charge in [0.25, 0.3) is 0 Å². The molecule has 3 aromatic carbocycles. The maximum atomic E-state index is 13.7. The molecule has 5 rings (SSSR count). The first-order valence-corrected chi connectivity index (χ1v) is 15.1. The van der Waals surface area contributed by atoms with E-state index in [0.717, 1.165) is 47.9 Å². The second-order valence-corrected chi connectivity index (χ2v) is 10.8. The molecule has 0 atom stereocenters. The molecular weight excluding hydrogens is 516 g/mol. The van der Waals surface area contributed by atoms with Crippen LogP contribution in [0.15, 0.2) is 102 Å². The van der Waals surface area contributed by atoms with Gasteiger partial charge in [-0.15, -0.1) is 0 Å². The van der Waals surface area contributed by atoms with Gasteiger partial charge in [-0.2, -0.15) is 0 Å². The number of nitrogens with zero attached hydrogens (tertiary/aromatic N) is 4. The van der Waals surface area contributed by atoms with Crippen molar-refractivity contribution in [2.75, 3.05) is 0 Å². The van der Waals surface area contributed by atoms with Crippen LogP contribution in [0.4, 0.5) is 0 Å². The van der Waals surface area contributed by atoms with Crippen molar-refractivity contribution in [3.63, 3.8) is 0 Å². The Morgan fingerprint density at radius 1 is 0.476 bits per heavy atom. The molecule has 0 unspecified atom stereocenters. The summed E-state index contributed by atoms with van der Waals surface area (Å²) < 4.78 is 0. The number of unbranched alkanes of at least 4 members (excludes halogenated alkanes) is 4. The highest BCUT2D eigenvalue weighted by Crippen LogP contribution is 2.25. The molecule has 0 aliphatic carbocycles. The Balaban J connectivity index is 1.33. The van der Waals surface area contributed by atoms with E-state index in [9.17, 15) is 4.79 Å². The zero-order valence-corrected chi connectivity index (χ0v) is 24.6. The van der Waals surface area contributed by atoms with E-state index in [-0.39, 0.29) is 5.43 Å². The summed E-state index contributed by atoms with van der Waals surface area (Å²) in [4.78, 5) is 32.0. The Morgan fingerprint density at radius 2 is 0.833 bits per heavy atom. The number of hydrogen-bond acceptors (Lipinski definition) is 5. The molecule has 5 heteroatoms. The van der Waals surface area contributed by atoms with Gasteiger partial charge >= 0.3 is 0 Å². The maximum absolute atomic E-state index is 13.7. The molecule has 0 N–H and O–H groups in total. The summed E-state index contributed by atoms with van der Waals surface area (Å²) in [6.45, 7) is 4.41. The minimum atomic E-state index is -0.0131. The molecule has 0 fully saturated rings. The van der Waals surface area contributed by atoms with Crippen molar-refractivity contribution < 1.29 is 0 Å². The molecular formula is C37H38N4O. The topological polar surface area (TPSA) is 68.6 Å². The summed E-state index contributed by atoms with van der Waals surface area (Å²) in [6.07, 6.45) is 16.9. The highest BCUT2D eigenvalue weighted by atomic mass is 16.1. The molecule has 0 radical (unpaired) electrons. The van der Waals surface area contributed by atoms with Crippen LogP contribution >= 0.6 is 0 Å². The first-order valence-electron chi connectivity index (χ1n) is 15.1. The number of benzene rings is 2. The highest BCUT2D eigenvalue weighted by molar-refractivity contribution is 5.74. The quantitative estimate of drug-likeness (QED) is 0.144. The van der Waals surface area contributed by atoms with Crippen LogP contribution in [0.5, 0.6) is 0 Å². The van der Waals surface area contributed by atoms with Gasteiger partial charge < -0.3 is 0 Å². The second kappa shape index (κ2) is 14.4. The fourth-order valence-corrected chi connectivity index (χ4v) is 5.08. The molecule has 0 saturated heterocycles. The lowest BCUT2D eigenvalue weighted by atomic mass is 10.00. The number of aryl methyl sites for hydroxylation is 2. The van der Waals surface area contributed by atoms with Gasteiger partial charge in [0.15, 0.2) is 17.1 Å². The maximum Gasteiger partial charge on any atom is 0.194 e. The van der Waals surface area contributed by atoms with Crippen molar-refractivity contribution in [3.05, 3.63) is 119 Å². The molecule has 0 saturated carbocycles. The van der Waals surface area contributed by atoms with E-state index in [1.54, 1.807) is 0 Å². The van der Waals surface area contributed by atoms with Gasteiger partial charge in [0, 0.05) is 47.0 Å². The average molecular weight is 555 g/mol. The second-order valence-electron chi connectivity index (χ2n) is 10.8. The monoisotopic (exact) mass is 554 g/mol. The SMILES string of the molecule is CCCCCc1cnc(-c2ccc(-c3ccccc(-c4ccc(-c5ncc(CCCCC)cn5)cc4)c3=O)cc2)nc1. The summed E-state index contributed by atoms with van der Waals surface area (Å²) in [5.41, 5.74) is 7.21. The predicted molar refractivity (Wildman–Crippen MR) is 172 cm³/mol. The van der Waals surface area contributed by atoms with Crippen LogP contribution in [0.1, 0.15) is 63.5 Å². The minimum absolute atomic E-state index is 0.0131. The Labute approximate surface area is 248 Å². The fraction of sp³-hybridized carbons (Fsp3) is 0.270. The lowest BCUT2D eigenvalue weighted by molar-refractivity contribution is 0.714. The molecule has 5 aromatic rings. The van der Waals surface area contributed by atoms with Crippen LogP contribution in [0.2, 0.25) is 0 Å². The minimum Gasteiger partial charge on any atom is -0.289 e. The lowest BCUT2D eigenvalue weighted by Gasteiger charge is -2.06. The number of rotatable bonds is 12. The summed E-state index contributed by atoms with van der Waals surface area (Å²) in [5, 5.41) is 0. The van der Waals surface area contributed by atoms with Crippen molar-refractivity contribution >= 4 is 0 Å². The van der Waals surface area contributed by atoms with Crippen molar-refractivity contribution in [2.24, 2.45) is 0 Å². The van der Waals surface area contributed by atoms with Crippen LogP contribution in [0, 0.1) is 0 Å². The molecule has 0 aliphatic rings. The van der Waals surface area contributed by atoms with Crippen LogP contribution in [-0.4, -0.2) is 19.9 Å². The molecule has 2 heterocycles. The lowest BCUT2D eigenvalue weighted by Crippen LogP contribution is -2.05. The summed E-state index contributed by atoms with van der Waals surface area (Å²) in [5.74, 6) is 1.38. The van der Waals surface area contributed by atoms with Crippen LogP contribution < -0.4 is 5.43 Å². The van der Waals surface area contributed by atoms with Gasteiger partial charge in [-0.05, 0) is 47.9 Å². The van der Waals surface area contributed by atoms with E-state index >= 15 is 0 Å². The van der Waals surface area contributed by atoms with E-state index in [1.807, 2.05) is 97.6 Å². The van der Waals surface area contributed by atoms with Gasteiger partial charge in [-0.1, -0.05) is 112 Å². The molecule has 0 spiro atoms. The van der Waals surface area contributed by atoms with E-state index in [1.165, 1.54) is 36.8 Å². The smallest absolute Gasteiger partial charge is 0.194 e. The molecule has 5 nitrogen and oxygen atoms in total. The first kappa shape index (κ1) is 29.0. The van der Waals surface area contributed by atoms with Crippen molar-refractivity contribution in [2.45, 2.75) is 65.2 Å². The van der Waals surface area contributed by atoms with E-state index in [4.69, 9.17) is 0 Å². The largest absolute Gasteiger partial charge is 0.289 e. The van der Waals surface area contributed by atoms with E-state index in [2.05, 4.69) is 33.8 Å². The third-order valence-electron chi connectivity index (χ3n) is 7.58. The molecule has 42 heavy (non-hydrogen) atoms. The van der Waals surface area contributed by atoms with Gasteiger partial charge in [-0.3, -0.25) is 4.79 Å². The van der Waals surface area contributed by atoms with Crippen molar-refractivity contribution in [1.82, 2.24) is 19.9 Å². The zero-order valence-electron chi connectivity index (χ0n) is 24.6. The Kier molecular flexibility index (Phi) is 9.94. The average Bonchev–Trinajstić information content (AvgIpc) is 3.23. The van der Waals surface area contributed by atoms with Crippen molar-refractivity contribution in [3.8, 4) is 45.0 Å². The fourth-order valence-electron chi connectivity index (χ4n) is 5.08. The van der Waals surface area contributed by atoms with Gasteiger partial charge in [-0.25, -0.2) is 19.9 Å². The van der Waals surface area contributed by atoms with E-state index in [0.29, 0.717) is 22.8 Å². The molecule has 212 valence electrons. The molecule has 2 aromatic heterocycles. The standard InChI is InChI=1S/C37H38N4O/c1-3-5-7-11-27-23-38-36(39-24-27)31-19-15-29(16-20-31)33-13-9-10-14-34(35(33)42)30-17-21-32(22-18-30)37-40-25-28(26-41-37)12-8-6-4-2/h9-10,13-26H,3-8,11-12H2,1-2H3. The molecule has 0 bridgehead atoms.